The molecular weight excluding hydrogens is 178 g/mol. The molecule has 4 nitrogen and oxygen atoms in total. The van der Waals surface area contributed by atoms with Crippen molar-refractivity contribution in [3.05, 3.63) is 17.4 Å². The molecule has 0 spiro atoms. The Bertz CT molecular complexity index is 284. The van der Waals surface area contributed by atoms with Gasteiger partial charge in [-0.2, -0.15) is 5.10 Å². The molecule has 1 aromatic heterocycles. The Morgan fingerprint density at radius 2 is 2.58 bits per heavy atom. The molecule has 0 radical (unpaired) electrons. The molecule has 0 aliphatic carbocycles. The van der Waals surface area contributed by atoms with Crippen molar-refractivity contribution < 1.29 is 4.79 Å². The first kappa shape index (κ1) is 9.06. The lowest BCUT2D eigenvalue weighted by Gasteiger charge is -2.09. The Morgan fingerprint density at radius 1 is 1.92 bits per heavy atom. The van der Waals surface area contributed by atoms with Gasteiger partial charge in [0.15, 0.2) is 0 Å². The van der Waals surface area contributed by atoms with Crippen molar-refractivity contribution in [2.24, 2.45) is 5.73 Å². The van der Waals surface area contributed by atoms with Crippen LogP contribution in [0.3, 0.4) is 0 Å². The first-order valence-electron chi connectivity index (χ1n) is 3.64. The van der Waals surface area contributed by atoms with E-state index in [1.165, 1.54) is 10.9 Å². The molecule has 0 aliphatic rings. The second-order valence-electron chi connectivity index (χ2n) is 2.46. The molecule has 1 atom stereocenters. The van der Waals surface area contributed by atoms with Crippen LogP contribution in [0.5, 0.6) is 0 Å². The summed E-state index contributed by atoms with van der Waals surface area (Å²) < 4.78 is 1.48. The van der Waals surface area contributed by atoms with Crippen LogP contribution in [0.2, 0.25) is 5.02 Å². The van der Waals surface area contributed by atoms with E-state index in [0.29, 0.717) is 11.4 Å². The highest BCUT2D eigenvalue weighted by atomic mass is 35.5. The molecule has 0 fully saturated rings. The number of rotatable bonds is 3. The van der Waals surface area contributed by atoms with Crippen LogP contribution in [-0.2, 0) is 4.79 Å². The molecule has 0 saturated heterocycles. The second-order valence-corrected chi connectivity index (χ2v) is 2.90. The number of primary amides is 1. The minimum Gasteiger partial charge on any atom is -0.368 e. The summed E-state index contributed by atoms with van der Waals surface area (Å²) in [6.07, 6.45) is 3.68. The molecule has 5 heteroatoms. The highest BCUT2D eigenvalue weighted by Crippen LogP contribution is 2.13. The minimum absolute atomic E-state index is 0.391. The molecule has 1 amide bonds. The number of nitrogens with zero attached hydrogens (tertiary/aromatic N) is 2. The molecule has 0 saturated carbocycles. The summed E-state index contributed by atoms with van der Waals surface area (Å²) in [4.78, 5) is 10.9. The van der Waals surface area contributed by atoms with Crippen molar-refractivity contribution in [3.63, 3.8) is 0 Å². The Labute approximate surface area is 75.3 Å². The van der Waals surface area contributed by atoms with E-state index in [9.17, 15) is 4.79 Å². The number of hydrogen-bond acceptors (Lipinski definition) is 2. The smallest absolute Gasteiger partial charge is 0.242 e. The number of nitrogens with two attached hydrogens (primary N) is 1. The Hall–Kier alpha value is -1.03. The maximum atomic E-state index is 10.9. The summed E-state index contributed by atoms with van der Waals surface area (Å²) in [5, 5.41) is 4.40. The standard InChI is InChI=1S/C7H10ClN3O/c1-2-6(7(9)12)11-4-5(8)3-10-11/h3-4,6H,2H2,1H3,(H2,9,12). The zero-order chi connectivity index (χ0) is 9.14. The van der Waals surface area contributed by atoms with Gasteiger partial charge in [0.2, 0.25) is 5.91 Å². The van der Waals surface area contributed by atoms with Crippen LogP contribution in [-0.4, -0.2) is 15.7 Å². The van der Waals surface area contributed by atoms with Gasteiger partial charge in [0.1, 0.15) is 6.04 Å². The van der Waals surface area contributed by atoms with E-state index < -0.39 is 11.9 Å². The molecular formula is C7H10ClN3O. The van der Waals surface area contributed by atoms with Crippen LogP contribution in [0.25, 0.3) is 0 Å². The van der Waals surface area contributed by atoms with Crippen LogP contribution in [0, 0.1) is 0 Å². The van der Waals surface area contributed by atoms with Crippen molar-refractivity contribution in [2.75, 3.05) is 0 Å². The van der Waals surface area contributed by atoms with Crippen molar-refractivity contribution in [1.29, 1.82) is 0 Å². The topological polar surface area (TPSA) is 60.9 Å². The molecule has 12 heavy (non-hydrogen) atoms. The Kier molecular flexibility index (Phi) is 2.70. The second kappa shape index (κ2) is 3.58. The van der Waals surface area contributed by atoms with Crippen molar-refractivity contribution in [1.82, 2.24) is 9.78 Å². The van der Waals surface area contributed by atoms with Gasteiger partial charge in [-0.3, -0.25) is 9.48 Å². The predicted molar refractivity (Wildman–Crippen MR) is 45.8 cm³/mol. The average Bonchev–Trinajstić information content (AvgIpc) is 2.37. The van der Waals surface area contributed by atoms with E-state index in [0.717, 1.165) is 0 Å². The van der Waals surface area contributed by atoms with Gasteiger partial charge in [-0.1, -0.05) is 18.5 Å². The fourth-order valence-electron chi connectivity index (χ4n) is 1.00. The van der Waals surface area contributed by atoms with E-state index >= 15 is 0 Å². The molecule has 0 aliphatic heterocycles. The van der Waals surface area contributed by atoms with Gasteiger partial charge >= 0.3 is 0 Å². The quantitative estimate of drug-likeness (QED) is 0.767. The number of carbonyl (C=O) groups excluding carboxylic acids is 1. The maximum absolute atomic E-state index is 10.9. The fraction of sp³-hybridized carbons (Fsp3) is 0.429. The molecule has 66 valence electrons. The van der Waals surface area contributed by atoms with Crippen LogP contribution < -0.4 is 5.73 Å². The van der Waals surface area contributed by atoms with Crippen molar-refractivity contribution in [3.8, 4) is 0 Å². The van der Waals surface area contributed by atoms with Crippen molar-refractivity contribution >= 4 is 17.5 Å². The summed E-state index contributed by atoms with van der Waals surface area (Å²) in [5.74, 6) is -0.391. The number of carbonyl (C=O) groups is 1. The number of aromatic nitrogens is 2. The molecule has 1 aromatic rings. The van der Waals surface area contributed by atoms with Gasteiger partial charge in [-0.15, -0.1) is 0 Å². The molecule has 1 rings (SSSR count). The fourth-order valence-corrected chi connectivity index (χ4v) is 1.15. The van der Waals surface area contributed by atoms with E-state index in [1.807, 2.05) is 6.92 Å². The highest BCUT2D eigenvalue weighted by Gasteiger charge is 2.15. The maximum Gasteiger partial charge on any atom is 0.242 e. The zero-order valence-corrected chi connectivity index (χ0v) is 7.45. The Balaban J connectivity index is 2.87. The number of hydrogen-bond donors (Lipinski definition) is 1. The molecule has 0 aromatic carbocycles. The van der Waals surface area contributed by atoms with Crippen molar-refractivity contribution in [2.45, 2.75) is 19.4 Å². The third-order valence-corrected chi connectivity index (χ3v) is 1.80. The van der Waals surface area contributed by atoms with E-state index in [-0.39, 0.29) is 0 Å². The molecule has 1 unspecified atom stereocenters. The van der Waals surface area contributed by atoms with Gasteiger partial charge < -0.3 is 5.73 Å². The number of halogens is 1. The van der Waals surface area contributed by atoms with Gasteiger partial charge in [-0.05, 0) is 6.42 Å². The lowest BCUT2D eigenvalue weighted by Crippen LogP contribution is -2.26. The zero-order valence-electron chi connectivity index (χ0n) is 6.70. The highest BCUT2D eigenvalue weighted by molar-refractivity contribution is 6.30. The van der Waals surface area contributed by atoms with Crippen LogP contribution >= 0.6 is 11.6 Å². The lowest BCUT2D eigenvalue weighted by molar-refractivity contribution is -0.121. The summed E-state index contributed by atoms with van der Waals surface area (Å²) in [6, 6.07) is -0.391. The largest absolute Gasteiger partial charge is 0.368 e. The molecule has 1 heterocycles. The molecule has 2 N–H and O–H groups in total. The van der Waals surface area contributed by atoms with Crippen LogP contribution in [0.15, 0.2) is 12.4 Å². The first-order chi connectivity index (χ1) is 5.65. The van der Waals surface area contributed by atoms with Gasteiger partial charge in [0.05, 0.1) is 11.2 Å². The van der Waals surface area contributed by atoms with Gasteiger partial charge in [-0.25, -0.2) is 0 Å². The summed E-state index contributed by atoms with van der Waals surface area (Å²) >= 11 is 5.63. The predicted octanol–water partition coefficient (Wildman–Crippen LogP) is 0.973. The summed E-state index contributed by atoms with van der Waals surface area (Å²) in [7, 11) is 0. The SMILES string of the molecule is CCC(C(N)=O)n1cc(Cl)cn1. The first-order valence-corrected chi connectivity index (χ1v) is 4.02. The molecule has 0 bridgehead atoms. The van der Waals surface area contributed by atoms with E-state index in [1.54, 1.807) is 6.20 Å². The third kappa shape index (κ3) is 1.76. The summed E-state index contributed by atoms with van der Waals surface area (Å²) in [6.45, 7) is 1.87. The van der Waals surface area contributed by atoms with Crippen LogP contribution in [0.4, 0.5) is 0 Å². The third-order valence-electron chi connectivity index (χ3n) is 1.60. The number of amides is 1. The van der Waals surface area contributed by atoms with Crippen LogP contribution in [0.1, 0.15) is 19.4 Å². The van der Waals surface area contributed by atoms with E-state index in [4.69, 9.17) is 17.3 Å². The van der Waals surface area contributed by atoms with Gasteiger partial charge in [0, 0.05) is 6.20 Å². The summed E-state index contributed by atoms with van der Waals surface area (Å²) in [5.41, 5.74) is 5.15. The Morgan fingerprint density at radius 3 is 2.92 bits per heavy atom. The average molecular weight is 188 g/mol. The van der Waals surface area contributed by atoms with E-state index in [2.05, 4.69) is 5.10 Å². The minimum atomic E-state index is -0.391. The monoisotopic (exact) mass is 187 g/mol. The lowest BCUT2D eigenvalue weighted by atomic mass is 10.2. The van der Waals surface area contributed by atoms with Gasteiger partial charge in [0.25, 0.3) is 0 Å². The normalized spacial score (nSPS) is 12.8.